The lowest BCUT2D eigenvalue weighted by Crippen LogP contribution is -2.26. The minimum atomic E-state index is -0.323. The first kappa shape index (κ1) is 28.6. The molecule has 226 valence electrons. The molecule has 2 nitrogen and oxygen atoms in total. The summed E-state index contributed by atoms with van der Waals surface area (Å²) in [7, 11) is 0. The van der Waals surface area contributed by atoms with E-state index in [2.05, 4.69) is 205 Å². The third kappa shape index (κ3) is 4.90. The maximum Gasteiger partial charge on any atom is 0.0465 e. The van der Waals surface area contributed by atoms with Crippen molar-refractivity contribution in [2.24, 2.45) is 0 Å². The number of rotatable bonds is 8. The van der Waals surface area contributed by atoms with Crippen molar-refractivity contribution in [3.63, 3.8) is 0 Å². The Balaban J connectivity index is 1.35. The molecule has 0 unspecified atom stereocenters. The Labute approximate surface area is 277 Å². The van der Waals surface area contributed by atoms with Gasteiger partial charge in [0, 0.05) is 39.5 Å². The number of fused-ring (bicyclic) bond motifs is 3. The highest BCUT2D eigenvalue weighted by molar-refractivity contribution is 5.90. The predicted molar refractivity (Wildman–Crippen MR) is 198 cm³/mol. The van der Waals surface area contributed by atoms with Gasteiger partial charge in [-0.25, -0.2) is 0 Å². The number of hydrogen-bond acceptors (Lipinski definition) is 2. The lowest BCUT2D eigenvalue weighted by molar-refractivity contribution is 0.609. The van der Waals surface area contributed by atoms with Crippen LogP contribution < -0.4 is 9.80 Å². The van der Waals surface area contributed by atoms with Gasteiger partial charge >= 0.3 is 0 Å². The summed E-state index contributed by atoms with van der Waals surface area (Å²) < 4.78 is 0. The molecule has 0 saturated carbocycles. The monoisotopic (exact) mass is 604 g/mol. The Morgan fingerprint density at radius 3 is 1.00 bits per heavy atom. The minimum absolute atomic E-state index is 0.323. The Kier molecular flexibility index (Phi) is 7.39. The molecule has 7 aromatic rings. The highest BCUT2D eigenvalue weighted by atomic mass is 15.1. The standard InChI is InChI=1S/C45H36N2/c1-2-45(34-18-8-3-9-19-34)43-32-39(46(35-20-10-4-11-21-35)36-22-12-5-13-23-36)28-30-41(43)42-31-29-40(33-44(42)45)47(37-24-14-6-15-25-37)38-26-16-7-17-27-38/h3-33H,2H2,1H3. The summed E-state index contributed by atoms with van der Waals surface area (Å²) in [5.41, 5.74) is 13.1. The van der Waals surface area contributed by atoms with E-state index in [-0.39, 0.29) is 5.41 Å². The molecule has 0 bridgehead atoms. The van der Waals surface area contributed by atoms with Gasteiger partial charge in [0.2, 0.25) is 0 Å². The Morgan fingerprint density at radius 2 is 0.681 bits per heavy atom. The van der Waals surface area contributed by atoms with Gasteiger partial charge < -0.3 is 9.80 Å². The highest BCUT2D eigenvalue weighted by Gasteiger charge is 2.44. The van der Waals surface area contributed by atoms with Gasteiger partial charge in [-0.05, 0) is 107 Å². The zero-order chi connectivity index (χ0) is 31.6. The van der Waals surface area contributed by atoms with Crippen LogP contribution >= 0.6 is 0 Å². The van der Waals surface area contributed by atoms with Crippen LogP contribution in [-0.2, 0) is 5.41 Å². The summed E-state index contributed by atoms with van der Waals surface area (Å²) in [6.07, 6.45) is 0.928. The van der Waals surface area contributed by atoms with Gasteiger partial charge in [0.15, 0.2) is 0 Å². The predicted octanol–water partition coefficient (Wildman–Crippen LogP) is 12.4. The maximum atomic E-state index is 2.44. The molecule has 1 aliphatic rings. The number of para-hydroxylation sites is 4. The fourth-order valence-electron chi connectivity index (χ4n) is 7.49. The van der Waals surface area contributed by atoms with E-state index in [1.165, 1.54) is 27.8 Å². The normalized spacial score (nSPS) is 12.6. The summed E-state index contributed by atoms with van der Waals surface area (Å²) in [4.78, 5) is 4.74. The first-order valence-corrected chi connectivity index (χ1v) is 16.4. The third-order valence-corrected chi connectivity index (χ3v) is 9.59. The van der Waals surface area contributed by atoms with E-state index in [1.807, 2.05) is 0 Å². The summed E-state index contributed by atoms with van der Waals surface area (Å²) in [6, 6.07) is 67.9. The van der Waals surface area contributed by atoms with E-state index in [1.54, 1.807) is 0 Å². The topological polar surface area (TPSA) is 6.48 Å². The Bertz CT molecular complexity index is 1900. The van der Waals surface area contributed by atoms with Gasteiger partial charge in [0.1, 0.15) is 0 Å². The van der Waals surface area contributed by atoms with Crippen molar-refractivity contribution in [1.82, 2.24) is 0 Å². The lowest BCUT2D eigenvalue weighted by atomic mass is 9.70. The van der Waals surface area contributed by atoms with Crippen molar-refractivity contribution in [3.05, 3.63) is 205 Å². The van der Waals surface area contributed by atoms with Gasteiger partial charge in [-0.2, -0.15) is 0 Å². The Morgan fingerprint density at radius 1 is 0.362 bits per heavy atom. The van der Waals surface area contributed by atoms with Crippen LogP contribution in [0.15, 0.2) is 188 Å². The average Bonchev–Trinajstić information content (AvgIpc) is 3.43. The van der Waals surface area contributed by atoms with E-state index in [4.69, 9.17) is 0 Å². The molecule has 7 aromatic carbocycles. The molecule has 2 heteroatoms. The van der Waals surface area contributed by atoms with Crippen molar-refractivity contribution in [3.8, 4) is 11.1 Å². The zero-order valence-corrected chi connectivity index (χ0v) is 26.5. The van der Waals surface area contributed by atoms with E-state index in [0.29, 0.717) is 0 Å². The first-order valence-electron chi connectivity index (χ1n) is 16.4. The van der Waals surface area contributed by atoms with E-state index in [0.717, 1.165) is 40.5 Å². The summed E-state index contributed by atoms with van der Waals surface area (Å²) in [6.45, 7) is 2.34. The van der Waals surface area contributed by atoms with Crippen molar-refractivity contribution in [2.75, 3.05) is 9.80 Å². The molecule has 0 fully saturated rings. The van der Waals surface area contributed by atoms with E-state index < -0.39 is 0 Å². The van der Waals surface area contributed by atoms with Crippen LogP contribution in [-0.4, -0.2) is 0 Å². The largest absolute Gasteiger partial charge is 0.310 e. The number of hydrogen-bond donors (Lipinski definition) is 0. The molecule has 0 saturated heterocycles. The van der Waals surface area contributed by atoms with Gasteiger partial charge in [-0.15, -0.1) is 0 Å². The maximum absolute atomic E-state index is 2.44. The van der Waals surface area contributed by atoms with Crippen molar-refractivity contribution in [1.29, 1.82) is 0 Å². The number of anilines is 6. The molecular formula is C45H36N2. The van der Waals surface area contributed by atoms with Gasteiger partial charge in [-0.1, -0.05) is 122 Å². The number of nitrogens with zero attached hydrogens (tertiary/aromatic N) is 2. The third-order valence-electron chi connectivity index (χ3n) is 9.59. The van der Waals surface area contributed by atoms with Gasteiger partial charge in [0.05, 0.1) is 0 Å². The SMILES string of the molecule is CCC1(c2ccccc2)c2cc(N(c3ccccc3)c3ccccc3)ccc2-c2ccc(N(c3ccccc3)c3ccccc3)cc21. The summed E-state index contributed by atoms with van der Waals surface area (Å²) in [5.74, 6) is 0. The quantitative estimate of drug-likeness (QED) is 0.170. The summed E-state index contributed by atoms with van der Waals surface area (Å²) in [5, 5.41) is 0. The molecule has 1 aliphatic carbocycles. The van der Waals surface area contributed by atoms with Crippen LogP contribution in [0.3, 0.4) is 0 Å². The second-order valence-corrected chi connectivity index (χ2v) is 12.1. The van der Waals surface area contributed by atoms with Crippen LogP contribution in [0.25, 0.3) is 11.1 Å². The number of benzene rings is 7. The van der Waals surface area contributed by atoms with Crippen LogP contribution in [0, 0.1) is 0 Å². The lowest BCUT2D eigenvalue weighted by Gasteiger charge is -2.34. The highest BCUT2D eigenvalue weighted by Crippen LogP contribution is 2.57. The molecule has 0 spiro atoms. The molecular weight excluding hydrogens is 569 g/mol. The fraction of sp³-hybridized carbons (Fsp3) is 0.0667. The van der Waals surface area contributed by atoms with Crippen LogP contribution in [0.1, 0.15) is 30.0 Å². The summed E-state index contributed by atoms with van der Waals surface area (Å²) >= 11 is 0. The zero-order valence-electron chi connectivity index (χ0n) is 26.5. The molecule has 0 heterocycles. The molecule has 8 rings (SSSR count). The average molecular weight is 605 g/mol. The molecule has 47 heavy (non-hydrogen) atoms. The van der Waals surface area contributed by atoms with Crippen molar-refractivity contribution >= 4 is 34.1 Å². The second-order valence-electron chi connectivity index (χ2n) is 12.1. The minimum Gasteiger partial charge on any atom is -0.310 e. The van der Waals surface area contributed by atoms with Gasteiger partial charge in [0.25, 0.3) is 0 Å². The second kappa shape index (κ2) is 12.2. The Hall–Kier alpha value is -5.86. The van der Waals surface area contributed by atoms with Crippen LogP contribution in [0.4, 0.5) is 34.1 Å². The fourth-order valence-corrected chi connectivity index (χ4v) is 7.49. The van der Waals surface area contributed by atoms with E-state index >= 15 is 0 Å². The van der Waals surface area contributed by atoms with Crippen molar-refractivity contribution < 1.29 is 0 Å². The van der Waals surface area contributed by atoms with Crippen LogP contribution in [0.2, 0.25) is 0 Å². The van der Waals surface area contributed by atoms with Crippen LogP contribution in [0.5, 0.6) is 0 Å². The first-order chi connectivity index (χ1) is 23.3. The molecule has 0 radical (unpaired) electrons. The molecule has 0 N–H and O–H groups in total. The smallest absolute Gasteiger partial charge is 0.0465 e. The molecule has 0 amide bonds. The molecule has 0 atom stereocenters. The molecule has 0 aliphatic heterocycles. The molecule has 0 aromatic heterocycles. The van der Waals surface area contributed by atoms with E-state index in [9.17, 15) is 0 Å². The van der Waals surface area contributed by atoms with Crippen molar-refractivity contribution in [2.45, 2.75) is 18.8 Å². The van der Waals surface area contributed by atoms with Gasteiger partial charge in [-0.3, -0.25) is 0 Å².